The third kappa shape index (κ3) is 35.1. The van der Waals surface area contributed by atoms with Crippen LogP contribution in [0.2, 0.25) is 0 Å². The third-order valence-electron chi connectivity index (χ3n) is 8.76. The Kier molecular flexibility index (Phi) is 36.3. The normalized spacial score (nSPS) is 11.0. The number of nitrogens with zero attached hydrogens (tertiary/aromatic N) is 2. The van der Waals surface area contributed by atoms with Crippen LogP contribution in [0.1, 0.15) is 143 Å². The molecule has 0 unspecified atom stereocenters. The van der Waals surface area contributed by atoms with Crippen LogP contribution in [-0.2, 0) is 57.2 Å². The van der Waals surface area contributed by atoms with Crippen molar-refractivity contribution >= 4 is 35.8 Å². The molecule has 0 rings (SSSR count). The molecule has 0 aliphatic heterocycles. The van der Waals surface area contributed by atoms with E-state index in [2.05, 4.69) is 11.8 Å². The van der Waals surface area contributed by atoms with Gasteiger partial charge in [-0.1, -0.05) is 40.0 Å². The highest BCUT2D eigenvalue weighted by molar-refractivity contribution is 5.71. The molecule has 0 heterocycles. The van der Waals surface area contributed by atoms with Crippen LogP contribution in [0, 0.1) is 0 Å². The van der Waals surface area contributed by atoms with E-state index in [0.717, 1.165) is 45.1 Å². The number of unbranched alkanes of at least 4 members (excludes halogenated alkanes) is 8. The zero-order valence-electron chi connectivity index (χ0n) is 34.9. The lowest BCUT2D eigenvalue weighted by Crippen LogP contribution is -2.31. The Hall–Kier alpha value is -3.30. The molecule has 56 heavy (non-hydrogen) atoms. The van der Waals surface area contributed by atoms with Crippen LogP contribution in [0.3, 0.4) is 0 Å². The molecule has 0 aromatic heterocycles. The van der Waals surface area contributed by atoms with Crippen LogP contribution in [0.25, 0.3) is 0 Å². The molecule has 0 saturated heterocycles. The van der Waals surface area contributed by atoms with Crippen molar-refractivity contribution in [2.75, 3.05) is 85.5 Å². The monoisotopic (exact) mass is 803 g/mol. The molecule has 15 heteroatoms. The molecule has 0 amide bonds. The van der Waals surface area contributed by atoms with E-state index >= 15 is 0 Å². The van der Waals surface area contributed by atoms with E-state index in [0.29, 0.717) is 104 Å². The standard InChI is InChI=1S/C41H74N2O13/c1-4-7-8-10-23-42(25-19-38(47)53-32-15-13-30-51-36(45)5-2)26-20-39(48)55-34-17-18-35-56-41(50)22-28-43(24-11-9-12-29-44)27-21-40(49)54-33-16-14-31-52-37(46)6-3/h44H,4-35H2,1-3H3. The summed E-state index contributed by atoms with van der Waals surface area (Å²) in [4.78, 5) is 75.9. The molecular weight excluding hydrogens is 728 g/mol. The lowest BCUT2D eigenvalue weighted by molar-refractivity contribution is -0.147. The van der Waals surface area contributed by atoms with E-state index in [4.69, 9.17) is 33.5 Å². The summed E-state index contributed by atoms with van der Waals surface area (Å²) >= 11 is 0. The Morgan fingerprint density at radius 2 is 0.643 bits per heavy atom. The largest absolute Gasteiger partial charge is 0.466 e. The van der Waals surface area contributed by atoms with Crippen molar-refractivity contribution in [2.45, 2.75) is 143 Å². The number of hydrogen-bond acceptors (Lipinski definition) is 15. The van der Waals surface area contributed by atoms with Crippen molar-refractivity contribution in [1.82, 2.24) is 9.80 Å². The first-order valence-electron chi connectivity index (χ1n) is 21.1. The van der Waals surface area contributed by atoms with Gasteiger partial charge in [0.05, 0.1) is 65.3 Å². The maximum Gasteiger partial charge on any atom is 0.307 e. The molecule has 0 aliphatic rings. The van der Waals surface area contributed by atoms with Crippen molar-refractivity contribution in [3.63, 3.8) is 0 Å². The molecule has 326 valence electrons. The second kappa shape index (κ2) is 38.6. The second-order valence-corrected chi connectivity index (χ2v) is 13.7. The number of carbonyl (C=O) groups excluding carboxylic acids is 6. The Morgan fingerprint density at radius 1 is 0.357 bits per heavy atom. The quantitative estimate of drug-likeness (QED) is 0.0479. The topological polar surface area (TPSA) is 185 Å². The summed E-state index contributed by atoms with van der Waals surface area (Å²) in [6, 6.07) is 0. The minimum absolute atomic E-state index is 0.122. The molecule has 0 bridgehead atoms. The van der Waals surface area contributed by atoms with Crippen LogP contribution >= 0.6 is 0 Å². The van der Waals surface area contributed by atoms with E-state index < -0.39 is 0 Å². The van der Waals surface area contributed by atoms with Gasteiger partial charge in [-0.15, -0.1) is 0 Å². The SMILES string of the molecule is CCCCCCN(CCC(=O)OCCCCOC(=O)CC)CCC(=O)OCCCCOC(=O)CCN(CCCCCO)CCC(=O)OCCCCOC(=O)CC. The van der Waals surface area contributed by atoms with Crippen LogP contribution in [0.5, 0.6) is 0 Å². The van der Waals surface area contributed by atoms with E-state index in [-0.39, 0.29) is 94.5 Å². The third-order valence-corrected chi connectivity index (χ3v) is 8.76. The summed E-state index contributed by atoms with van der Waals surface area (Å²) < 4.78 is 31.4. The molecule has 15 nitrogen and oxygen atoms in total. The summed E-state index contributed by atoms with van der Waals surface area (Å²) in [6.07, 6.45) is 11.7. The van der Waals surface area contributed by atoms with Crippen molar-refractivity contribution in [3.8, 4) is 0 Å². The van der Waals surface area contributed by atoms with Gasteiger partial charge in [0.15, 0.2) is 0 Å². The van der Waals surface area contributed by atoms with Gasteiger partial charge in [0.25, 0.3) is 0 Å². The van der Waals surface area contributed by atoms with Crippen molar-refractivity contribution in [2.24, 2.45) is 0 Å². The smallest absolute Gasteiger partial charge is 0.307 e. The van der Waals surface area contributed by atoms with Gasteiger partial charge in [-0.25, -0.2) is 0 Å². The number of aliphatic hydroxyl groups excluding tert-OH is 1. The van der Waals surface area contributed by atoms with Gasteiger partial charge in [-0.05, 0) is 77.3 Å². The molecule has 0 aliphatic carbocycles. The van der Waals surface area contributed by atoms with Gasteiger partial charge >= 0.3 is 35.8 Å². The summed E-state index contributed by atoms with van der Waals surface area (Å²) in [5.74, 6) is -1.76. The molecule has 0 radical (unpaired) electrons. The molecule has 0 saturated carbocycles. The Bertz CT molecular complexity index is 963. The van der Waals surface area contributed by atoms with Crippen molar-refractivity contribution < 1.29 is 62.3 Å². The maximum atomic E-state index is 12.4. The van der Waals surface area contributed by atoms with Crippen LogP contribution in [-0.4, -0.2) is 136 Å². The predicted molar refractivity (Wildman–Crippen MR) is 210 cm³/mol. The number of ether oxygens (including phenoxy) is 6. The van der Waals surface area contributed by atoms with E-state index in [1.807, 2.05) is 4.90 Å². The van der Waals surface area contributed by atoms with Gasteiger partial charge < -0.3 is 43.3 Å². The van der Waals surface area contributed by atoms with Gasteiger partial charge in [-0.2, -0.15) is 0 Å². The Balaban J connectivity index is 4.34. The minimum atomic E-state index is -0.341. The van der Waals surface area contributed by atoms with Crippen molar-refractivity contribution in [3.05, 3.63) is 0 Å². The fourth-order valence-electron chi connectivity index (χ4n) is 5.28. The first kappa shape index (κ1) is 52.7. The van der Waals surface area contributed by atoms with Crippen LogP contribution < -0.4 is 0 Å². The molecule has 0 spiro atoms. The van der Waals surface area contributed by atoms with Crippen LogP contribution in [0.4, 0.5) is 0 Å². The summed E-state index contributed by atoms with van der Waals surface area (Å²) in [7, 11) is 0. The van der Waals surface area contributed by atoms with E-state index in [9.17, 15) is 28.8 Å². The van der Waals surface area contributed by atoms with Gasteiger partial charge in [0.2, 0.25) is 0 Å². The van der Waals surface area contributed by atoms with Gasteiger partial charge in [-0.3, -0.25) is 28.8 Å². The highest BCUT2D eigenvalue weighted by Gasteiger charge is 2.14. The van der Waals surface area contributed by atoms with Gasteiger partial charge in [0.1, 0.15) is 0 Å². The molecular formula is C41H74N2O13. The average molecular weight is 803 g/mol. The van der Waals surface area contributed by atoms with E-state index in [1.54, 1.807) is 13.8 Å². The summed E-state index contributed by atoms with van der Waals surface area (Å²) in [5, 5.41) is 9.08. The summed E-state index contributed by atoms with van der Waals surface area (Å²) in [6.45, 7) is 10.6. The lowest BCUT2D eigenvalue weighted by atomic mass is 10.2. The zero-order chi connectivity index (χ0) is 41.5. The maximum absolute atomic E-state index is 12.4. The zero-order valence-corrected chi connectivity index (χ0v) is 34.9. The second-order valence-electron chi connectivity index (χ2n) is 13.7. The fourth-order valence-corrected chi connectivity index (χ4v) is 5.28. The first-order chi connectivity index (χ1) is 27.1. The lowest BCUT2D eigenvalue weighted by Gasteiger charge is -2.21. The Labute approximate surface area is 335 Å². The Morgan fingerprint density at radius 3 is 0.911 bits per heavy atom. The predicted octanol–water partition coefficient (Wildman–Crippen LogP) is 5.31. The number of carbonyl (C=O) groups is 6. The minimum Gasteiger partial charge on any atom is -0.466 e. The molecule has 0 fully saturated rings. The molecule has 1 N–H and O–H groups in total. The van der Waals surface area contributed by atoms with Crippen LogP contribution in [0.15, 0.2) is 0 Å². The fraction of sp³-hybridized carbons (Fsp3) is 0.854. The number of hydrogen-bond donors (Lipinski definition) is 1. The number of aliphatic hydroxyl groups is 1. The highest BCUT2D eigenvalue weighted by atomic mass is 16.6. The van der Waals surface area contributed by atoms with Crippen molar-refractivity contribution in [1.29, 1.82) is 0 Å². The summed E-state index contributed by atoms with van der Waals surface area (Å²) in [5.41, 5.74) is 0. The number of esters is 6. The molecule has 0 aromatic carbocycles. The average Bonchev–Trinajstić information content (AvgIpc) is 3.19. The highest BCUT2D eigenvalue weighted by Crippen LogP contribution is 2.07. The van der Waals surface area contributed by atoms with Gasteiger partial charge in [0, 0.05) is 45.6 Å². The van der Waals surface area contributed by atoms with E-state index in [1.165, 1.54) is 0 Å². The molecule has 0 atom stereocenters. The number of rotatable bonds is 39. The first-order valence-corrected chi connectivity index (χ1v) is 21.1. The molecule has 0 aromatic rings.